The molecule has 0 atom stereocenters. The SMILES string of the molecule is CCCN(C(=O)c1csc(-c2ccc(OCC)cc2)n1)C1CCN(C(=O)c2ccccc2)CC1. The number of carbonyl (C=O) groups is 2. The predicted octanol–water partition coefficient (Wildman–Crippen LogP) is 5.37. The Morgan fingerprint density at radius 3 is 2.41 bits per heavy atom. The minimum Gasteiger partial charge on any atom is -0.494 e. The summed E-state index contributed by atoms with van der Waals surface area (Å²) in [7, 11) is 0. The molecule has 3 aromatic rings. The number of piperidine rings is 1. The van der Waals surface area contributed by atoms with Crippen LogP contribution in [0.4, 0.5) is 0 Å². The molecule has 1 aliphatic rings. The van der Waals surface area contributed by atoms with Gasteiger partial charge in [-0.15, -0.1) is 11.3 Å². The first-order valence-corrected chi connectivity index (χ1v) is 12.8. The third-order valence-electron chi connectivity index (χ3n) is 6.07. The van der Waals surface area contributed by atoms with Crippen molar-refractivity contribution in [1.29, 1.82) is 0 Å². The van der Waals surface area contributed by atoms with Crippen LogP contribution in [-0.4, -0.2) is 58.9 Å². The minimum absolute atomic E-state index is 0.0249. The smallest absolute Gasteiger partial charge is 0.273 e. The van der Waals surface area contributed by atoms with E-state index in [-0.39, 0.29) is 17.9 Å². The van der Waals surface area contributed by atoms with Gasteiger partial charge in [-0.2, -0.15) is 0 Å². The zero-order valence-electron chi connectivity index (χ0n) is 19.8. The van der Waals surface area contributed by atoms with Gasteiger partial charge in [0.1, 0.15) is 16.5 Å². The van der Waals surface area contributed by atoms with Crippen molar-refractivity contribution in [3.05, 3.63) is 71.2 Å². The number of nitrogens with zero attached hydrogens (tertiary/aromatic N) is 3. The van der Waals surface area contributed by atoms with Crippen molar-refractivity contribution in [1.82, 2.24) is 14.8 Å². The average Bonchev–Trinajstić information content (AvgIpc) is 3.38. The van der Waals surface area contributed by atoms with Gasteiger partial charge >= 0.3 is 0 Å². The van der Waals surface area contributed by atoms with E-state index >= 15 is 0 Å². The average molecular weight is 478 g/mol. The summed E-state index contributed by atoms with van der Waals surface area (Å²) < 4.78 is 5.51. The molecule has 1 aromatic heterocycles. The molecular weight excluding hydrogens is 446 g/mol. The summed E-state index contributed by atoms with van der Waals surface area (Å²) in [5, 5.41) is 2.68. The van der Waals surface area contributed by atoms with E-state index in [2.05, 4.69) is 11.9 Å². The highest BCUT2D eigenvalue weighted by Gasteiger charge is 2.31. The Hall–Kier alpha value is -3.19. The summed E-state index contributed by atoms with van der Waals surface area (Å²) >= 11 is 1.48. The van der Waals surface area contributed by atoms with E-state index in [1.807, 2.05) is 76.7 Å². The van der Waals surface area contributed by atoms with E-state index in [0.29, 0.717) is 37.5 Å². The molecule has 2 amide bonds. The maximum absolute atomic E-state index is 13.4. The van der Waals surface area contributed by atoms with Crippen LogP contribution in [0.25, 0.3) is 10.6 Å². The molecule has 6 nitrogen and oxygen atoms in total. The van der Waals surface area contributed by atoms with Crippen LogP contribution in [0.15, 0.2) is 60.0 Å². The second-order valence-electron chi connectivity index (χ2n) is 8.38. The van der Waals surface area contributed by atoms with Crippen molar-refractivity contribution in [2.75, 3.05) is 26.2 Å². The van der Waals surface area contributed by atoms with Gasteiger partial charge in [0, 0.05) is 42.2 Å². The van der Waals surface area contributed by atoms with Crippen molar-refractivity contribution < 1.29 is 14.3 Å². The van der Waals surface area contributed by atoms with Gasteiger partial charge in [0.15, 0.2) is 0 Å². The van der Waals surface area contributed by atoms with Gasteiger partial charge in [-0.3, -0.25) is 9.59 Å². The highest BCUT2D eigenvalue weighted by atomic mass is 32.1. The molecule has 0 saturated carbocycles. The number of ether oxygens (including phenoxy) is 1. The van der Waals surface area contributed by atoms with E-state index in [9.17, 15) is 9.59 Å². The van der Waals surface area contributed by atoms with Crippen LogP contribution >= 0.6 is 11.3 Å². The van der Waals surface area contributed by atoms with Crippen LogP contribution in [-0.2, 0) is 0 Å². The second kappa shape index (κ2) is 11.3. The molecule has 0 N–H and O–H groups in total. The largest absolute Gasteiger partial charge is 0.494 e. The fourth-order valence-corrected chi connectivity index (χ4v) is 5.15. The molecule has 0 unspecified atom stereocenters. The molecule has 1 aliphatic heterocycles. The number of hydrogen-bond donors (Lipinski definition) is 0. The van der Waals surface area contributed by atoms with Crippen LogP contribution in [0.5, 0.6) is 5.75 Å². The number of likely N-dealkylation sites (tertiary alicyclic amines) is 1. The van der Waals surface area contributed by atoms with Crippen molar-refractivity contribution >= 4 is 23.2 Å². The Kier molecular flexibility index (Phi) is 7.95. The number of thiazole rings is 1. The lowest BCUT2D eigenvalue weighted by atomic mass is 10.0. The molecule has 1 saturated heterocycles. The molecule has 4 rings (SSSR count). The highest BCUT2D eigenvalue weighted by molar-refractivity contribution is 7.13. The van der Waals surface area contributed by atoms with E-state index < -0.39 is 0 Å². The lowest BCUT2D eigenvalue weighted by Gasteiger charge is -2.38. The number of aromatic nitrogens is 1. The lowest BCUT2D eigenvalue weighted by molar-refractivity contribution is 0.0516. The second-order valence-corrected chi connectivity index (χ2v) is 9.24. The normalized spacial score (nSPS) is 14.1. The zero-order valence-corrected chi connectivity index (χ0v) is 20.6. The van der Waals surface area contributed by atoms with Gasteiger partial charge in [-0.25, -0.2) is 4.98 Å². The topological polar surface area (TPSA) is 62.7 Å². The van der Waals surface area contributed by atoms with Crippen LogP contribution in [0.3, 0.4) is 0 Å². The van der Waals surface area contributed by atoms with Crippen LogP contribution in [0.2, 0.25) is 0 Å². The molecule has 0 aliphatic carbocycles. The van der Waals surface area contributed by atoms with Crippen LogP contribution < -0.4 is 4.74 Å². The Labute approximate surface area is 205 Å². The predicted molar refractivity (Wildman–Crippen MR) is 135 cm³/mol. The standard InChI is InChI=1S/C27H31N3O3S/c1-3-16-30(22-14-17-29(18-15-22)26(31)21-8-6-5-7-9-21)27(32)24-19-34-25(28-24)20-10-12-23(13-11-20)33-4-2/h5-13,19,22H,3-4,14-18H2,1-2H3. The van der Waals surface area contributed by atoms with Crippen LogP contribution in [0.1, 0.15) is 54.0 Å². The van der Waals surface area contributed by atoms with Crippen molar-refractivity contribution in [2.45, 2.75) is 39.2 Å². The number of benzene rings is 2. The van der Waals surface area contributed by atoms with Crippen molar-refractivity contribution in [3.63, 3.8) is 0 Å². The third-order valence-corrected chi connectivity index (χ3v) is 6.97. The first-order chi connectivity index (χ1) is 16.6. The number of rotatable bonds is 8. The maximum atomic E-state index is 13.4. The molecule has 2 heterocycles. The summed E-state index contributed by atoms with van der Waals surface area (Å²) in [5.41, 5.74) is 2.18. The minimum atomic E-state index is -0.0249. The fourth-order valence-electron chi connectivity index (χ4n) is 4.35. The zero-order chi connectivity index (χ0) is 23.9. The van der Waals surface area contributed by atoms with E-state index in [1.165, 1.54) is 11.3 Å². The van der Waals surface area contributed by atoms with Gasteiger partial charge in [0.05, 0.1) is 6.61 Å². The molecule has 0 radical (unpaired) electrons. The van der Waals surface area contributed by atoms with E-state index in [1.54, 1.807) is 0 Å². The van der Waals surface area contributed by atoms with Gasteiger partial charge in [0.25, 0.3) is 11.8 Å². The molecule has 0 bridgehead atoms. The first-order valence-electron chi connectivity index (χ1n) is 11.9. The molecule has 2 aromatic carbocycles. The number of carbonyl (C=O) groups excluding carboxylic acids is 2. The molecular formula is C27H31N3O3S. The van der Waals surface area contributed by atoms with E-state index in [0.717, 1.165) is 35.6 Å². The quantitative estimate of drug-likeness (QED) is 0.438. The lowest BCUT2D eigenvalue weighted by Crippen LogP contribution is -2.49. The van der Waals surface area contributed by atoms with Gasteiger partial charge < -0.3 is 14.5 Å². The van der Waals surface area contributed by atoms with Crippen molar-refractivity contribution in [3.8, 4) is 16.3 Å². The molecule has 7 heteroatoms. The first kappa shape index (κ1) is 24.0. The Bertz CT molecular complexity index is 1090. The Morgan fingerprint density at radius 1 is 1.06 bits per heavy atom. The van der Waals surface area contributed by atoms with Crippen molar-refractivity contribution in [2.24, 2.45) is 0 Å². The summed E-state index contributed by atoms with van der Waals surface area (Å²) in [6, 6.07) is 17.3. The Morgan fingerprint density at radius 2 is 1.76 bits per heavy atom. The highest BCUT2D eigenvalue weighted by Crippen LogP contribution is 2.27. The summed E-state index contributed by atoms with van der Waals surface area (Å²) in [4.78, 5) is 34.7. The van der Waals surface area contributed by atoms with Crippen LogP contribution in [0, 0.1) is 0 Å². The Balaban J connectivity index is 1.42. The summed E-state index contributed by atoms with van der Waals surface area (Å²) in [5.74, 6) is 0.861. The fraction of sp³-hybridized carbons (Fsp3) is 0.370. The number of amides is 2. The van der Waals surface area contributed by atoms with Gasteiger partial charge in [-0.05, 0) is 62.6 Å². The number of hydrogen-bond acceptors (Lipinski definition) is 5. The molecule has 178 valence electrons. The van der Waals surface area contributed by atoms with E-state index in [4.69, 9.17) is 4.74 Å². The molecule has 0 spiro atoms. The monoisotopic (exact) mass is 477 g/mol. The maximum Gasteiger partial charge on any atom is 0.273 e. The van der Waals surface area contributed by atoms with Gasteiger partial charge in [-0.1, -0.05) is 25.1 Å². The third kappa shape index (κ3) is 5.47. The van der Waals surface area contributed by atoms with Gasteiger partial charge in [0.2, 0.25) is 0 Å². The summed E-state index contributed by atoms with van der Waals surface area (Å²) in [6.45, 7) is 6.66. The molecule has 1 fully saturated rings. The summed E-state index contributed by atoms with van der Waals surface area (Å²) in [6.07, 6.45) is 2.44. The molecule has 34 heavy (non-hydrogen) atoms.